The maximum atomic E-state index is 13.1. The molecule has 2 aromatic carbocycles. The molecule has 1 fully saturated rings. The Morgan fingerprint density at radius 1 is 1.20 bits per heavy atom. The Labute approximate surface area is 177 Å². The predicted octanol–water partition coefficient (Wildman–Crippen LogP) is 3.30. The van der Waals surface area contributed by atoms with E-state index in [1.54, 1.807) is 30.2 Å². The van der Waals surface area contributed by atoms with Crippen molar-refractivity contribution in [1.82, 2.24) is 4.90 Å². The number of carbonyl (C=O) groups excluding carboxylic acids is 1. The minimum atomic E-state index is -1.36. The van der Waals surface area contributed by atoms with Gasteiger partial charge in [0, 0.05) is 18.7 Å². The van der Waals surface area contributed by atoms with Crippen LogP contribution >= 0.6 is 0 Å². The van der Waals surface area contributed by atoms with Crippen molar-refractivity contribution in [2.75, 3.05) is 20.2 Å². The second-order valence-electron chi connectivity index (χ2n) is 8.01. The van der Waals surface area contributed by atoms with Crippen molar-refractivity contribution < 1.29 is 24.5 Å². The Morgan fingerprint density at radius 2 is 1.93 bits per heavy atom. The van der Waals surface area contributed by atoms with E-state index in [2.05, 4.69) is 0 Å². The highest BCUT2D eigenvalue weighted by Gasteiger charge is 2.49. The molecule has 160 valence electrons. The molecule has 6 heteroatoms. The van der Waals surface area contributed by atoms with Crippen LogP contribution in [-0.4, -0.2) is 53.3 Å². The molecule has 30 heavy (non-hydrogen) atoms. The number of nitrogens with zero attached hydrogens (tertiary/aromatic N) is 1. The van der Waals surface area contributed by atoms with E-state index < -0.39 is 17.5 Å². The van der Waals surface area contributed by atoms with E-state index in [-0.39, 0.29) is 18.9 Å². The van der Waals surface area contributed by atoms with Crippen LogP contribution in [-0.2, 0) is 11.2 Å². The zero-order valence-corrected chi connectivity index (χ0v) is 17.5. The highest BCUT2D eigenvalue weighted by Crippen LogP contribution is 2.37. The Hall–Kier alpha value is -2.86. The first kappa shape index (κ1) is 21.8. The second-order valence-corrected chi connectivity index (χ2v) is 8.01. The summed E-state index contributed by atoms with van der Waals surface area (Å²) in [6.45, 7) is 2.17. The molecule has 1 heterocycles. The number of hydrogen-bond donors (Lipinski definition) is 2. The molecule has 1 aliphatic heterocycles. The summed E-state index contributed by atoms with van der Waals surface area (Å²) in [4.78, 5) is 27.0. The van der Waals surface area contributed by atoms with Gasteiger partial charge in [0.25, 0.3) is 5.91 Å². The van der Waals surface area contributed by atoms with Crippen molar-refractivity contribution in [3.05, 3.63) is 65.2 Å². The van der Waals surface area contributed by atoms with E-state index in [1.807, 2.05) is 37.3 Å². The molecular formula is C24H29NO5. The Balaban J connectivity index is 1.77. The van der Waals surface area contributed by atoms with Crippen LogP contribution in [0.1, 0.15) is 40.7 Å². The van der Waals surface area contributed by atoms with E-state index in [0.29, 0.717) is 30.7 Å². The Bertz CT molecular complexity index is 898. The van der Waals surface area contributed by atoms with Crippen LogP contribution in [0, 0.1) is 12.3 Å². The van der Waals surface area contributed by atoms with Crippen LogP contribution in [0.2, 0.25) is 0 Å². The number of aliphatic hydroxyl groups excluding tert-OH is 1. The molecule has 2 aromatic rings. The number of carboxylic acid groups (broad SMARTS) is 1. The number of rotatable bonds is 7. The fraction of sp³-hybridized carbons (Fsp3) is 0.417. The number of methoxy groups -OCH3 is 1. The highest BCUT2D eigenvalue weighted by molar-refractivity contribution is 5.96. The third-order valence-electron chi connectivity index (χ3n) is 6.09. The van der Waals surface area contributed by atoms with E-state index >= 15 is 0 Å². The molecule has 0 unspecified atom stereocenters. The van der Waals surface area contributed by atoms with Crippen LogP contribution in [0.5, 0.6) is 5.75 Å². The number of carbonyl (C=O) groups is 2. The van der Waals surface area contributed by atoms with Gasteiger partial charge in [-0.2, -0.15) is 0 Å². The number of aryl methyl sites for hydroxylation is 2. The highest BCUT2D eigenvalue weighted by atomic mass is 16.5. The lowest BCUT2D eigenvalue weighted by molar-refractivity contribution is -0.162. The van der Waals surface area contributed by atoms with Crippen molar-refractivity contribution in [3.8, 4) is 5.75 Å². The molecule has 3 rings (SSSR count). The van der Waals surface area contributed by atoms with Crippen LogP contribution in [0.25, 0.3) is 0 Å². The lowest BCUT2D eigenvalue weighted by atomic mass is 9.73. The normalized spacial score (nSPS) is 21.3. The standard InChI is InChI=1S/C24H29NO5/c1-17-15-19(30-2)10-11-20(17)22(27)25-14-12-21(26)24(16-25,23(28)29)13-6-9-18-7-4-3-5-8-18/h3-5,7-8,10-11,15,21,26H,6,9,12-14,16H2,1-2H3,(H,28,29)/t21-,24+/m0/s1. The number of amides is 1. The van der Waals surface area contributed by atoms with E-state index in [4.69, 9.17) is 4.74 Å². The van der Waals surface area contributed by atoms with E-state index in [9.17, 15) is 19.8 Å². The van der Waals surface area contributed by atoms with Crippen molar-refractivity contribution in [2.45, 2.75) is 38.7 Å². The fourth-order valence-corrected chi connectivity index (χ4v) is 4.24. The summed E-state index contributed by atoms with van der Waals surface area (Å²) < 4.78 is 5.20. The molecule has 0 aromatic heterocycles. The Morgan fingerprint density at radius 3 is 2.57 bits per heavy atom. The largest absolute Gasteiger partial charge is 0.497 e. The first-order valence-electron chi connectivity index (χ1n) is 10.3. The molecule has 1 aliphatic rings. The number of aliphatic hydroxyl groups is 1. The smallest absolute Gasteiger partial charge is 0.314 e. The third-order valence-corrected chi connectivity index (χ3v) is 6.09. The first-order chi connectivity index (χ1) is 14.4. The summed E-state index contributed by atoms with van der Waals surface area (Å²) in [7, 11) is 1.57. The summed E-state index contributed by atoms with van der Waals surface area (Å²) in [5.41, 5.74) is 1.07. The first-order valence-corrected chi connectivity index (χ1v) is 10.3. The van der Waals surface area contributed by atoms with Gasteiger partial charge in [0.2, 0.25) is 0 Å². The van der Waals surface area contributed by atoms with E-state index in [1.165, 1.54) is 0 Å². The molecular weight excluding hydrogens is 382 g/mol. The van der Waals surface area contributed by atoms with Gasteiger partial charge < -0.3 is 19.8 Å². The number of piperidine rings is 1. The van der Waals surface area contributed by atoms with Gasteiger partial charge in [-0.25, -0.2) is 0 Å². The quantitative estimate of drug-likeness (QED) is 0.730. The minimum absolute atomic E-state index is 0.00257. The summed E-state index contributed by atoms with van der Waals surface area (Å²) in [5.74, 6) is -0.596. The molecule has 0 spiro atoms. The monoisotopic (exact) mass is 411 g/mol. The van der Waals surface area contributed by atoms with E-state index in [0.717, 1.165) is 17.5 Å². The van der Waals surface area contributed by atoms with Crippen LogP contribution in [0.4, 0.5) is 0 Å². The van der Waals surface area contributed by atoms with Crippen LogP contribution in [0.3, 0.4) is 0 Å². The molecule has 1 amide bonds. The fourth-order valence-electron chi connectivity index (χ4n) is 4.24. The second kappa shape index (κ2) is 9.30. The SMILES string of the molecule is COc1ccc(C(=O)N2CC[C@H](O)[C@](CCCc3ccccc3)(C(=O)O)C2)c(C)c1. The molecule has 0 aliphatic carbocycles. The number of likely N-dealkylation sites (tertiary alicyclic amines) is 1. The minimum Gasteiger partial charge on any atom is -0.497 e. The molecule has 0 bridgehead atoms. The number of benzene rings is 2. The zero-order chi connectivity index (χ0) is 21.7. The zero-order valence-electron chi connectivity index (χ0n) is 17.5. The summed E-state index contributed by atoms with van der Waals surface area (Å²) in [6.07, 6.45) is 0.930. The molecule has 1 saturated heterocycles. The molecule has 6 nitrogen and oxygen atoms in total. The number of aliphatic carboxylic acids is 1. The average Bonchev–Trinajstić information content (AvgIpc) is 2.75. The number of ether oxygens (including phenoxy) is 1. The summed E-state index contributed by atoms with van der Waals surface area (Å²) >= 11 is 0. The van der Waals surface area contributed by atoms with Gasteiger partial charge in [0.1, 0.15) is 11.2 Å². The van der Waals surface area contributed by atoms with Crippen molar-refractivity contribution in [3.63, 3.8) is 0 Å². The van der Waals surface area contributed by atoms with Gasteiger partial charge in [0.15, 0.2) is 0 Å². The van der Waals surface area contributed by atoms with Gasteiger partial charge in [0.05, 0.1) is 13.2 Å². The number of hydrogen-bond acceptors (Lipinski definition) is 4. The van der Waals surface area contributed by atoms with Crippen molar-refractivity contribution in [1.29, 1.82) is 0 Å². The van der Waals surface area contributed by atoms with Crippen molar-refractivity contribution >= 4 is 11.9 Å². The van der Waals surface area contributed by atoms with Crippen LogP contribution in [0.15, 0.2) is 48.5 Å². The average molecular weight is 411 g/mol. The van der Waals surface area contributed by atoms with Gasteiger partial charge in [-0.1, -0.05) is 30.3 Å². The lowest BCUT2D eigenvalue weighted by Crippen LogP contribution is -2.57. The van der Waals surface area contributed by atoms with Crippen LogP contribution < -0.4 is 4.74 Å². The summed E-state index contributed by atoms with van der Waals surface area (Å²) in [6, 6.07) is 15.1. The number of carboxylic acids is 1. The summed E-state index contributed by atoms with van der Waals surface area (Å²) in [5, 5.41) is 20.7. The van der Waals surface area contributed by atoms with Gasteiger partial charge in [-0.05, 0) is 61.9 Å². The topological polar surface area (TPSA) is 87.1 Å². The maximum Gasteiger partial charge on any atom is 0.314 e. The van der Waals surface area contributed by atoms with Gasteiger partial charge in [-0.3, -0.25) is 9.59 Å². The molecule has 2 N–H and O–H groups in total. The third kappa shape index (κ3) is 4.49. The van der Waals surface area contributed by atoms with Gasteiger partial charge >= 0.3 is 5.97 Å². The molecule has 0 radical (unpaired) electrons. The predicted molar refractivity (Wildman–Crippen MR) is 114 cm³/mol. The lowest BCUT2D eigenvalue weighted by Gasteiger charge is -2.43. The maximum absolute atomic E-state index is 13.1. The Kier molecular flexibility index (Phi) is 6.77. The van der Waals surface area contributed by atoms with Gasteiger partial charge in [-0.15, -0.1) is 0 Å². The van der Waals surface area contributed by atoms with Crippen molar-refractivity contribution in [2.24, 2.45) is 5.41 Å². The molecule has 0 saturated carbocycles. The molecule has 2 atom stereocenters.